The van der Waals surface area contributed by atoms with Crippen LogP contribution in [0.4, 0.5) is 0 Å². The molecule has 2 nitrogen and oxygen atoms in total. The normalized spacial score (nSPS) is 32.0. The Morgan fingerprint density at radius 1 is 1.50 bits per heavy atom. The molecule has 0 N–H and O–H groups in total. The van der Waals surface area contributed by atoms with E-state index in [1.807, 2.05) is 6.92 Å². The molecule has 0 aromatic rings. The quantitative estimate of drug-likeness (QED) is 0.469. The number of carbonyl (C=O) groups is 1. The van der Waals surface area contributed by atoms with Crippen molar-refractivity contribution in [3.63, 3.8) is 0 Å². The van der Waals surface area contributed by atoms with Crippen molar-refractivity contribution < 1.29 is 9.53 Å². The van der Waals surface area contributed by atoms with Crippen molar-refractivity contribution in [1.29, 1.82) is 0 Å². The number of rotatable bonds is 1. The molecule has 1 fully saturated rings. The van der Waals surface area contributed by atoms with E-state index in [0.29, 0.717) is 6.42 Å². The molecule has 0 aromatic carbocycles. The second kappa shape index (κ2) is 4.70. The average molecular weight is 191 g/mol. The number of cyclic esters (lactones) is 1. The number of carbonyl (C=O) groups excluding carboxylic acids is 1. The lowest BCUT2D eigenvalue weighted by molar-refractivity contribution is -0.150. The van der Waals surface area contributed by atoms with Crippen molar-refractivity contribution in [2.45, 2.75) is 50.5 Å². The minimum Gasteiger partial charge on any atom is -0.462 e. The van der Waals surface area contributed by atoms with Crippen LogP contribution in [0, 0.1) is 0 Å². The average Bonchev–Trinajstić information content (AvgIpc) is 2.06. The summed E-state index contributed by atoms with van der Waals surface area (Å²) in [6.07, 6.45) is 4.11. The largest absolute Gasteiger partial charge is 0.462 e. The molecule has 0 amide bonds. The number of halogens is 1. The van der Waals surface area contributed by atoms with Gasteiger partial charge in [0.1, 0.15) is 6.10 Å². The number of esters is 1. The van der Waals surface area contributed by atoms with E-state index in [9.17, 15) is 4.79 Å². The maximum absolute atomic E-state index is 11.1. The summed E-state index contributed by atoms with van der Waals surface area (Å²) >= 11 is 5.97. The van der Waals surface area contributed by atoms with Crippen LogP contribution in [0.2, 0.25) is 0 Å². The van der Waals surface area contributed by atoms with E-state index in [0.717, 1.165) is 25.7 Å². The van der Waals surface area contributed by atoms with E-state index in [-0.39, 0.29) is 17.5 Å². The zero-order valence-electron chi connectivity index (χ0n) is 7.38. The predicted octanol–water partition coefficient (Wildman–Crippen LogP) is 2.49. The Labute approximate surface area is 78.2 Å². The minimum atomic E-state index is -0.0906. The number of ether oxygens (including phenoxy) is 1. The van der Waals surface area contributed by atoms with Gasteiger partial charge >= 0.3 is 5.97 Å². The molecule has 0 saturated carbocycles. The molecule has 70 valence electrons. The first-order chi connectivity index (χ1) is 5.72. The Kier molecular flexibility index (Phi) is 3.86. The molecular weight excluding hydrogens is 176 g/mol. The van der Waals surface area contributed by atoms with Gasteiger partial charge in [0.25, 0.3) is 0 Å². The van der Waals surface area contributed by atoms with Crippen molar-refractivity contribution in [2.24, 2.45) is 0 Å². The Hall–Kier alpha value is -0.240. The van der Waals surface area contributed by atoms with Crippen molar-refractivity contribution in [1.82, 2.24) is 0 Å². The summed E-state index contributed by atoms with van der Waals surface area (Å²) in [5.41, 5.74) is 0. The molecule has 1 heterocycles. The SMILES string of the molecule is CCC1CCC(Cl)CCC(=O)O1. The highest BCUT2D eigenvalue weighted by Gasteiger charge is 2.19. The second-order valence-corrected chi connectivity index (χ2v) is 3.85. The highest BCUT2D eigenvalue weighted by atomic mass is 35.5. The van der Waals surface area contributed by atoms with E-state index >= 15 is 0 Å². The summed E-state index contributed by atoms with van der Waals surface area (Å²) in [4.78, 5) is 11.1. The molecule has 1 aliphatic heterocycles. The highest BCUT2D eigenvalue weighted by molar-refractivity contribution is 6.20. The van der Waals surface area contributed by atoms with Crippen LogP contribution in [-0.2, 0) is 9.53 Å². The van der Waals surface area contributed by atoms with Crippen LogP contribution >= 0.6 is 11.6 Å². The summed E-state index contributed by atoms with van der Waals surface area (Å²) in [6.45, 7) is 2.03. The summed E-state index contributed by atoms with van der Waals surface area (Å²) in [5.74, 6) is -0.0906. The first-order valence-electron chi connectivity index (χ1n) is 4.56. The summed E-state index contributed by atoms with van der Waals surface area (Å²) in [6, 6.07) is 0. The number of hydrogen-bond acceptors (Lipinski definition) is 2. The van der Waals surface area contributed by atoms with E-state index in [4.69, 9.17) is 16.3 Å². The Bertz CT molecular complexity index is 159. The summed E-state index contributed by atoms with van der Waals surface area (Å²) < 4.78 is 5.19. The maximum atomic E-state index is 11.1. The molecule has 0 radical (unpaired) electrons. The number of alkyl halides is 1. The predicted molar refractivity (Wildman–Crippen MR) is 48.3 cm³/mol. The topological polar surface area (TPSA) is 26.3 Å². The Morgan fingerprint density at radius 2 is 2.25 bits per heavy atom. The van der Waals surface area contributed by atoms with Gasteiger partial charge in [0, 0.05) is 11.8 Å². The van der Waals surface area contributed by atoms with Gasteiger partial charge in [-0.1, -0.05) is 6.92 Å². The van der Waals surface area contributed by atoms with Crippen LogP contribution in [0.5, 0.6) is 0 Å². The molecule has 1 saturated heterocycles. The summed E-state index contributed by atoms with van der Waals surface area (Å²) in [7, 11) is 0. The van der Waals surface area contributed by atoms with Crippen LogP contribution < -0.4 is 0 Å². The monoisotopic (exact) mass is 190 g/mol. The molecule has 2 atom stereocenters. The van der Waals surface area contributed by atoms with Gasteiger partial charge in [-0.2, -0.15) is 0 Å². The summed E-state index contributed by atoms with van der Waals surface area (Å²) in [5, 5.41) is 0.159. The van der Waals surface area contributed by atoms with E-state index in [1.165, 1.54) is 0 Å². The smallest absolute Gasteiger partial charge is 0.306 e. The van der Waals surface area contributed by atoms with Crippen molar-refractivity contribution >= 4 is 17.6 Å². The molecule has 12 heavy (non-hydrogen) atoms. The van der Waals surface area contributed by atoms with Crippen molar-refractivity contribution in [2.75, 3.05) is 0 Å². The van der Waals surface area contributed by atoms with E-state index < -0.39 is 0 Å². The van der Waals surface area contributed by atoms with Gasteiger partial charge in [0.05, 0.1) is 0 Å². The lowest BCUT2D eigenvalue weighted by Gasteiger charge is -2.21. The molecule has 2 unspecified atom stereocenters. The molecule has 3 heteroatoms. The van der Waals surface area contributed by atoms with Crippen LogP contribution in [0.3, 0.4) is 0 Å². The fourth-order valence-corrected chi connectivity index (χ4v) is 1.61. The standard InChI is InChI=1S/C9H15ClO2/c1-2-8-5-3-7(10)4-6-9(11)12-8/h7-8H,2-6H2,1H3. The molecule has 0 aromatic heterocycles. The Balaban J connectivity index is 2.43. The van der Waals surface area contributed by atoms with Crippen LogP contribution in [-0.4, -0.2) is 17.5 Å². The van der Waals surface area contributed by atoms with Crippen molar-refractivity contribution in [3.8, 4) is 0 Å². The molecule has 0 bridgehead atoms. The molecule has 0 spiro atoms. The molecule has 0 aliphatic carbocycles. The van der Waals surface area contributed by atoms with Gasteiger partial charge < -0.3 is 4.74 Å². The van der Waals surface area contributed by atoms with Gasteiger partial charge in [0.2, 0.25) is 0 Å². The fraction of sp³-hybridized carbons (Fsp3) is 0.889. The third-order valence-electron chi connectivity index (χ3n) is 2.22. The molecule has 1 rings (SSSR count). The first kappa shape index (κ1) is 9.85. The van der Waals surface area contributed by atoms with Crippen LogP contribution in [0.15, 0.2) is 0 Å². The van der Waals surface area contributed by atoms with Gasteiger partial charge in [-0.05, 0) is 25.7 Å². The zero-order chi connectivity index (χ0) is 8.97. The third-order valence-corrected chi connectivity index (χ3v) is 2.65. The lowest BCUT2D eigenvalue weighted by Crippen LogP contribution is -2.22. The second-order valence-electron chi connectivity index (χ2n) is 3.23. The molecular formula is C9H15ClO2. The number of hydrogen-bond donors (Lipinski definition) is 0. The van der Waals surface area contributed by atoms with Gasteiger partial charge in [0.15, 0.2) is 0 Å². The minimum absolute atomic E-state index is 0.0906. The first-order valence-corrected chi connectivity index (χ1v) is 4.99. The van der Waals surface area contributed by atoms with E-state index in [2.05, 4.69) is 0 Å². The maximum Gasteiger partial charge on any atom is 0.306 e. The van der Waals surface area contributed by atoms with E-state index in [1.54, 1.807) is 0 Å². The van der Waals surface area contributed by atoms with Crippen molar-refractivity contribution in [3.05, 3.63) is 0 Å². The van der Waals surface area contributed by atoms with Gasteiger partial charge in [-0.3, -0.25) is 4.79 Å². The highest BCUT2D eigenvalue weighted by Crippen LogP contribution is 2.20. The van der Waals surface area contributed by atoms with Crippen LogP contribution in [0.1, 0.15) is 39.0 Å². The third kappa shape index (κ3) is 3.02. The molecule has 1 aliphatic rings. The van der Waals surface area contributed by atoms with Gasteiger partial charge in [-0.25, -0.2) is 0 Å². The van der Waals surface area contributed by atoms with Crippen LogP contribution in [0.25, 0.3) is 0 Å². The zero-order valence-corrected chi connectivity index (χ0v) is 8.14. The van der Waals surface area contributed by atoms with Gasteiger partial charge in [-0.15, -0.1) is 11.6 Å². The fourth-order valence-electron chi connectivity index (χ4n) is 1.38. The lowest BCUT2D eigenvalue weighted by atomic mass is 10.0. The Morgan fingerprint density at radius 3 is 2.92 bits per heavy atom.